The van der Waals surface area contributed by atoms with Gasteiger partial charge in [0.15, 0.2) is 0 Å². The van der Waals surface area contributed by atoms with E-state index in [9.17, 15) is 0 Å². The van der Waals surface area contributed by atoms with E-state index >= 15 is 0 Å². The van der Waals surface area contributed by atoms with Crippen LogP contribution in [0.4, 0.5) is 0 Å². The Morgan fingerprint density at radius 2 is 2.50 bits per heavy atom. The van der Waals surface area contributed by atoms with Crippen LogP contribution in [0.5, 0.6) is 0 Å². The molecule has 48 valence electrons. The van der Waals surface area contributed by atoms with Crippen LogP contribution in [0.15, 0.2) is 0 Å². The SMILES string of the molecule is COCOC[C@@H]1CO1. The summed E-state index contributed by atoms with van der Waals surface area (Å²) < 4.78 is 14.5. The first-order chi connectivity index (χ1) is 3.93. The molecule has 0 amide bonds. The highest BCUT2D eigenvalue weighted by Crippen LogP contribution is 2.07. The van der Waals surface area contributed by atoms with E-state index in [0.29, 0.717) is 19.5 Å². The van der Waals surface area contributed by atoms with Crippen LogP contribution in [0, 0.1) is 0 Å². The minimum atomic E-state index is 0.352. The summed E-state index contributed by atoms with van der Waals surface area (Å²) in [5, 5.41) is 0. The first-order valence-corrected chi connectivity index (χ1v) is 2.62. The Kier molecular flexibility index (Phi) is 2.27. The Bertz CT molecular complexity index is 60.7. The Balaban J connectivity index is 1.74. The van der Waals surface area contributed by atoms with E-state index in [1.54, 1.807) is 7.11 Å². The van der Waals surface area contributed by atoms with Gasteiger partial charge in [0, 0.05) is 7.11 Å². The van der Waals surface area contributed by atoms with Crippen molar-refractivity contribution >= 4 is 0 Å². The maximum absolute atomic E-state index is 4.96. The zero-order valence-electron chi connectivity index (χ0n) is 4.92. The molecule has 0 aromatic carbocycles. The second-order valence-electron chi connectivity index (χ2n) is 1.73. The van der Waals surface area contributed by atoms with E-state index in [1.165, 1.54) is 0 Å². The van der Waals surface area contributed by atoms with Crippen molar-refractivity contribution in [2.75, 3.05) is 27.1 Å². The van der Waals surface area contributed by atoms with Crippen LogP contribution in [-0.4, -0.2) is 33.2 Å². The quantitative estimate of drug-likeness (QED) is 0.296. The van der Waals surface area contributed by atoms with E-state index in [2.05, 4.69) is 4.74 Å². The molecule has 1 saturated heterocycles. The number of epoxide rings is 1. The average Bonchev–Trinajstić information content (AvgIpc) is 2.51. The summed E-state index contributed by atoms with van der Waals surface area (Å²) in [4.78, 5) is 0. The van der Waals surface area contributed by atoms with Crippen molar-refractivity contribution in [3.63, 3.8) is 0 Å². The van der Waals surface area contributed by atoms with Gasteiger partial charge in [-0.05, 0) is 0 Å². The highest BCUT2D eigenvalue weighted by atomic mass is 16.7. The fourth-order valence-corrected chi connectivity index (χ4v) is 0.427. The molecular weight excluding hydrogens is 108 g/mol. The average molecular weight is 118 g/mol. The molecule has 0 N–H and O–H groups in total. The molecule has 1 atom stereocenters. The van der Waals surface area contributed by atoms with Gasteiger partial charge in [-0.3, -0.25) is 0 Å². The maximum atomic E-state index is 4.96. The van der Waals surface area contributed by atoms with Crippen LogP contribution in [0.1, 0.15) is 0 Å². The van der Waals surface area contributed by atoms with Crippen LogP contribution in [0.3, 0.4) is 0 Å². The molecule has 1 aliphatic heterocycles. The van der Waals surface area contributed by atoms with Crippen molar-refractivity contribution in [1.82, 2.24) is 0 Å². The fourth-order valence-electron chi connectivity index (χ4n) is 0.427. The molecule has 0 aromatic rings. The fraction of sp³-hybridized carbons (Fsp3) is 1.00. The number of methoxy groups -OCH3 is 1. The molecule has 3 heteroatoms. The topological polar surface area (TPSA) is 31.0 Å². The van der Waals surface area contributed by atoms with Gasteiger partial charge in [0.2, 0.25) is 0 Å². The van der Waals surface area contributed by atoms with E-state index in [0.717, 1.165) is 6.61 Å². The van der Waals surface area contributed by atoms with Crippen LogP contribution >= 0.6 is 0 Å². The second-order valence-corrected chi connectivity index (χ2v) is 1.73. The lowest BCUT2D eigenvalue weighted by molar-refractivity contribution is -0.0351. The molecule has 0 bridgehead atoms. The minimum absolute atomic E-state index is 0.352. The normalized spacial score (nSPS) is 25.9. The first-order valence-electron chi connectivity index (χ1n) is 2.62. The third kappa shape index (κ3) is 2.26. The summed E-state index contributed by atoms with van der Waals surface area (Å²) in [7, 11) is 1.60. The van der Waals surface area contributed by atoms with Gasteiger partial charge >= 0.3 is 0 Å². The number of ether oxygens (including phenoxy) is 3. The second kappa shape index (κ2) is 3.02. The molecular formula is C5H10O3. The Hall–Kier alpha value is -0.120. The van der Waals surface area contributed by atoms with Gasteiger partial charge in [-0.2, -0.15) is 0 Å². The monoisotopic (exact) mass is 118 g/mol. The van der Waals surface area contributed by atoms with Gasteiger partial charge < -0.3 is 14.2 Å². The highest BCUT2D eigenvalue weighted by molar-refractivity contribution is 4.66. The van der Waals surface area contributed by atoms with Gasteiger partial charge in [0.25, 0.3) is 0 Å². The minimum Gasteiger partial charge on any atom is -0.371 e. The zero-order valence-corrected chi connectivity index (χ0v) is 4.92. The van der Waals surface area contributed by atoms with Crippen LogP contribution in [0.2, 0.25) is 0 Å². The van der Waals surface area contributed by atoms with Crippen LogP contribution < -0.4 is 0 Å². The van der Waals surface area contributed by atoms with Gasteiger partial charge in [-0.15, -0.1) is 0 Å². The smallest absolute Gasteiger partial charge is 0.146 e. The molecule has 3 nitrogen and oxygen atoms in total. The third-order valence-corrected chi connectivity index (χ3v) is 0.907. The third-order valence-electron chi connectivity index (χ3n) is 0.907. The summed E-state index contributed by atoms with van der Waals surface area (Å²) in [5.41, 5.74) is 0. The van der Waals surface area contributed by atoms with Gasteiger partial charge in [0.05, 0.1) is 13.2 Å². The standard InChI is InChI=1S/C5H10O3/c1-6-4-7-2-5-3-8-5/h5H,2-4H2,1H3/t5-/m1/s1. The molecule has 8 heavy (non-hydrogen) atoms. The lowest BCUT2D eigenvalue weighted by Crippen LogP contribution is -2.03. The van der Waals surface area contributed by atoms with Crippen molar-refractivity contribution in [3.05, 3.63) is 0 Å². The molecule has 0 saturated carbocycles. The van der Waals surface area contributed by atoms with Gasteiger partial charge in [-0.25, -0.2) is 0 Å². The zero-order chi connectivity index (χ0) is 5.82. The van der Waals surface area contributed by atoms with Gasteiger partial charge in [0.1, 0.15) is 12.9 Å². The summed E-state index contributed by atoms with van der Waals surface area (Å²) in [5.74, 6) is 0. The van der Waals surface area contributed by atoms with Crippen LogP contribution in [-0.2, 0) is 14.2 Å². The summed E-state index contributed by atoms with van der Waals surface area (Å²) in [6.45, 7) is 1.90. The molecule has 1 heterocycles. The number of hydrogen-bond acceptors (Lipinski definition) is 3. The Morgan fingerprint density at radius 3 is 3.00 bits per heavy atom. The number of hydrogen-bond donors (Lipinski definition) is 0. The summed E-state index contributed by atoms with van der Waals surface area (Å²) in [6, 6.07) is 0. The molecule has 1 fully saturated rings. The van der Waals surface area contributed by atoms with E-state index in [1.807, 2.05) is 0 Å². The Morgan fingerprint density at radius 1 is 1.75 bits per heavy atom. The molecule has 0 aromatic heterocycles. The predicted molar refractivity (Wildman–Crippen MR) is 27.6 cm³/mol. The van der Waals surface area contributed by atoms with E-state index < -0.39 is 0 Å². The van der Waals surface area contributed by atoms with Crippen molar-refractivity contribution in [3.8, 4) is 0 Å². The van der Waals surface area contributed by atoms with Crippen molar-refractivity contribution in [1.29, 1.82) is 0 Å². The first kappa shape index (κ1) is 6.01. The van der Waals surface area contributed by atoms with Crippen molar-refractivity contribution in [2.45, 2.75) is 6.10 Å². The molecule has 1 aliphatic rings. The highest BCUT2D eigenvalue weighted by Gasteiger charge is 2.21. The van der Waals surface area contributed by atoms with Crippen LogP contribution in [0.25, 0.3) is 0 Å². The van der Waals surface area contributed by atoms with Crippen molar-refractivity contribution in [2.24, 2.45) is 0 Å². The summed E-state index contributed by atoms with van der Waals surface area (Å²) in [6.07, 6.45) is 0.352. The molecule has 0 aliphatic carbocycles. The number of rotatable bonds is 4. The maximum Gasteiger partial charge on any atom is 0.146 e. The molecule has 0 unspecified atom stereocenters. The van der Waals surface area contributed by atoms with E-state index in [4.69, 9.17) is 9.47 Å². The molecule has 1 rings (SSSR count). The summed E-state index contributed by atoms with van der Waals surface area (Å²) >= 11 is 0. The lowest BCUT2D eigenvalue weighted by Gasteiger charge is -1.96. The van der Waals surface area contributed by atoms with Crippen molar-refractivity contribution < 1.29 is 14.2 Å². The largest absolute Gasteiger partial charge is 0.371 e. The predicted octanol–water partition coefficient (Wildman–Crippen LogP) is 0.00570. The lowest BCUT2D eigenvalue weighted by atomic mass is 10.5. The Labute approximate surface area is 48.5 Å². The molecule has 0 spiro atoms. The molecule has 0 radical (unpaired) electrons. The van der Waals surface area contributed by atoms with E-state index in [-0.39, 0.29) is 0 Å². The van der Waals surface area contributed by atoms with Gasteiger partial charge in [-0.1, -0.05) is 0 Å².